The minimum Gasteiger partial charge on any atom is -0.339 e. The van der Waals surface area contributed by atoms with Crippen molar-refractivity contribution in [3.63, 3.8) is 0 Å². The summed E-state index contributed by atoms with van der Waals surface area (Å²) in [4.78, 5) is 21.2. The standard InChI is InChI=1S/C23H23N7O2S/c1-23(2,3)20-27-19(30-32-20)8-9-24-21(31)28-22-26-17-7-5-14(11-18(17)33-22)13-4-6-16-15(10-13)12-25-29-16/h4-7,10-12H,8-9H2,1-3H3,(H,25,29)(H2,24,26,28,31). The van der Waals surface area contributed by atoms with Crippen molar-refractivity contribution in [1.82, 2.24) is 30.6 Å². The quantitative estimate of drug-likeness (QED) is 0.343. The number of aromatic amines is 1. The summed E-state index contributed by atoms with van der Waals surface area (Å²) in [5, 5.41) is 18.2. The first-order valence-corrected chi connectivity index (χ1v) is 11.4. The number of anilines is 1. The van der Waals surface area contributed by atoms with Crippen LogP contribution in [-0.4, -0.2) is 37.9 Å². The van der Waals surface area contributed by atoms with E-state index in [4.69, 9.17) is 4.52 Å². The Morgan fingerprint density at radius 2 is 1.94 bits per heavy atom. The fraction of sp³-hybridized carbons (Fsp3) is 0.261. The van der Waals surface area contributed by atoms with E-state index in [2.05, 4.69) is 54.2 Å². The second-order valence-electron chi connectivity index (χ2n) is 8.77. The molecule has 2 aromatic carbocycles. The fourth-order valence-electron chi connectivity index (χ4n) is 3.37. The second kappa shape index (κ2) is 8.28. The van der Waals surface area contributed by atoms with Crippen LogP contribution in [0.25, 0.3) is 32.2 Å². The molecule has 0 fully saturated rings. The molecule has 0 atom stereocenters. The van der Waals surface area contributed by atoms with Gasteiger partial charge in [0.1, 0.15) is 0 Å². The third kappa shape index (κ3) is 4.56. The number of carbonyl (C=O) groups excluding carboxylic acids is 1. The number of H-pyrrole nitrogens is 1. The number of nitrogens with zero attached hydrogens (tertiary/aromatic N) is 4. The summed E-state index contributed by atoms with van der Waals surface area (Å²) in [5.74, 6) is 1.15. The van der Waals surface area contributed by atoms with Crippen molar-refractivity contribution in [2.75, 3.05) is 11.9 Å². The molecule has 10 heteroatoms. The first-order chi connectivity index (χ1) is 15.8. The second-order valence-corrected chi connectivity index (χ2v) is 9.80. The molecule has 9 nitrogen and oxygen atoms in total. The van der Waals surface area contributed by atoms with Gasteiger partial charge in [0.2, 0.25) is 5.89 Å². The molecule has 33 heavy (non-hydrogen) atoms. The molecule has 3 N–H and O–H groups in total. The normalized spacial score (nSPS) is 11.8. The smallest absolute Gasteiger partial charge is 0.321 e. The average molecular weight is 462 g/mol. The molecule has 0 saturated carbocycles. The van der Waals surface area contributed by atoms with Crippen LogP contribution < -0.4 is 10.6 Å². The number of fused-ring (bicyclic) bond motifs is 2. The van der Waals surface area contributed by atoms with Crippen LogP contribution in [0.4, 0.5) is 9.93 Å². The lowest BCUT2D eigenvalue weighted by Gasteiger charge is -2.10. The number of carbonyl (C=O) groups is 1. The first-order valence-electron chi connectivity index (χ1n) is 10.6. The highest BCUT2D eigenvalue weighted by atomic mass is 32.1. The van der Waals surface area contributed by atoms with E-state index in [0.29, 0.717) is 29.8 Å². The molecule has 0 aliphatic heterocycles. The maximum atomic E-state index is 12.3. The summed E-state index contributed by atoms with van der Waals surface area (Å²) in [5.41, 5.74) is 3.82. The SMILES string of the molecule is CC(C)(C)c1nc(CCNC(=O)Nc2nc3ccc(-c4ccc5[nH]ncc5c4)cc3s2)no1. The van der Waals surface area contributed by atoms with Crippen molar-refractivity contribution in [3.05, 3.63) is 54.3 Å². The van der Waals surface area contributed by atoms with Crippen LogP contribution in [-0.2, 0) is 11.8 Å². The van der Waals surface area contributed by atoms with Crippen molar-refractivity contribution >= 4 is 43.6 Å². The monoisotopic (exact) mass is 461 g/mol. The van der Waals surface area contributed by atoms with E-state index in [1.165, 1.54) is 11.3 Å². The van der Waals surface area contributed by atoms with Crippen molar-refractivity contribution < 1.29 is 9.32 Å². The molecule has 5 rings (SSSR count). The van der Waals surface area contributed by atoms with E-state index >= 15 is 0 Å². The van der Waals surface area contributed by atoms with Crippen LogP contribution >= 0.6 is 11.3 Å². The van der Waals surface area contributed by atoms with Gasteiger partial charge in [-0.05, 0) is 35.4 Å². The molecule has 0 saturated heterocycles. The third-order valence-electron chi connectivity index (χ3n) is 5.13. The zero-order valence-corrected chi connectivity index (χ0v) is 19.3. The van der Waals surface area contributed by atoms with Gasteiger partial charge < -0.3 is 9.84 Å². The largest absolute Gasteiger partial charge is 0.339 e. The number of hydrogen-bond donors (Lipinski definition) is 3. The van der Waals surface area contributed by atoms with E-state index < -0.39 is 0 Å². The van der Waals surface area contributed by atoms with E-state index in [1.54, 1.807) is 0 Å². The van der Waals surface area contributed by atoms with E-state index in [1.807, 2.05) is 45.2 Å². The number of urea groups is 1. The van der Waals surface area contributed by atoms with Gasteiger partial charge in [0.25, 0.3) is 0 Å². The molecule has 5 aromatic rings. The lowest BCUT2D eigenvalue weighted by Crippen LogP contribution is -2.30. The fourth-order valence-corrected chi connectivity index (χ4v) is 4.27. The molecule has 0 bridgehead atoms. The Labute approximate surface area is 193 Å². The van der Waals surface area contributed by atoms with Gasteiger partial charge >= 0.3 is 6.03 Å². The Morgan fingerprint density at radius 1 is 1.12 bits per heavy atom. The summed E-state index contributed by atoms with van der Waals surface area (Å²) in [7, 11) is 0. The maximum absolute atomic E-state index is 12.3. The highest BCUT2D eigenvalue weighted by Gasteiger charge is 2.21. The zero-order valence-electron chi connectivity index (χ0n) is 18.5. The number of aromatic nitrogens is 5. The van der Waals surface area contributed by atoms with Crippen LogP contribution in [0.2, 0.25) is 0 Å². The molecule has 0 aliphatic carbocycles. The number of benzene rings is 2. The van der Waals surface area contributed by atoms with E-state index in [9.17, 15) is 4.79 Å². The highest BCUT2D eigenvalue weighted by molar-refractivity contribution is 7.22. The Morgan fingerprint density at radius 3 is 2.76 bits per heavy atom. The lowest BCUT2D eigenvalue weighted by molar-refractivity contribution is 0.252. The summed E-state index contributed by atoms with van der Waals surface area (Å²) in [6, 6.07) is 11.9. The molecule has 0 unspecified atom stereocenters. The molecule has 0 spiro atoms. The van der Waals surface area contributed by atoms with Crippen molar-refractivity contribution in [2.24, 2.45) is 0 Å². The average Bonchev–Trinajstić information content (AvgIpc) is 3.51. The van der Waals surface area contributed by atoms with E-state index in [0.717, 1.165) is 32.2 Å². The molecule has 3 aromatic heterocycles. The van der Waals surface area contributed by atoms with Crippen molar-refractivity contribution in [2.45, 2.75) is 32.6 Å². The molecule has 2 amide bonds. The van der Waals surface area contributed by atoms with Crippen LogP contribution in [0.5, 0.6) is 0 Å². The molecule has 0 radical (unpaired) electrons. The van der Waals surface area contributed by atoms with E-state index in [-0.39, 0.29) is 11.4 Å². The van der Waals surface area contributed by atoms with Crippen LogP contribution in [0.3, 0.4) is 0 Å². The molecular formula is C23H23N7O2S. The van der Waals surface area contributed by atoms with Gasteiger partial charge in [0, 0.05) is 23.8 Å². The topological polar surface area (TPSA) is 122 Å². The third-order valence-corrected chi connectivity index (χ3v) is 6.06. The summed E-state index contributed by atoms with van der Waals surface area (Å²) >= 11 is 1.43. The van der Waals surface area contributed by atoms with Gasteiger partial charge in [0.15, 0.2) is 11.0 Å². The molecule has 0 aliphatic rings. The summed E-state index contributed by atoms with van der Waals surface area (Å²) in [6.07, 6.45) is 2.30. The number of nitrogens with one attached hydrogen (secondary N) is 3. The molecular weight excluding hydrogens is 438 g/mol. The zero-order chi connectivity index (χ0) is 23.0. The summed E-state index contributed by atoms with van der Waals surface area (Å²) < 4.78 is 6.27. The Hall–Kier alpha value is -3.79. The number of rotatable bonds is 5. The first kappa shape index (κ1) is 21.1. The predicted molar refractivity (Wildman–Crippen MR) is 128 cm³/mol. The maximum Gasteiger partial charge on any atom is 0.321 e. The van der Waals surface area contributed by atoms with Crippen LogP contribution in [0.15, 0.2) is 47.1 Å². The van der Waals surface area contributed by atoms with Gasteiger partial charge in [0.05, 0.1) is 21.9 Å². The predicted octanol–water partition coefficient (Wildman–Crippen LogP) is 4.88. The Balaban J connectivity index is 1.22. The lowest BCUT2D eigenvalue weighted by atomic mass is 9.97. The van der Waals surface area contributed by atoms with Crippen LogP contribution in [0.1, 0.15) is 32.5 Å². The summed E-state index contributed by atoms with van der Waals surface area (Å²) in [6.45, 7) is 6.42. The number of amides is 2. The number of thiazole rings is 1. The Bertz CT molecular complexity index is 1440. The number of hydrogen-bond acceptors (Lipinski definition) is 7. The molecule has 168 valence electrons. The van der Waals surface area contributed by atoms with Gasteiger partial charge in [-0.1, -0.05) is 49.4 Å². The van der Waals surface area contributed by atoms with Gasteiger partial charge in [-0.15, -0.1) is 0 Å². The van der Waals surface area contributed by atoms with Gasteiger partial charge in [-0.2, -0.15) is 10.1 Å². The Kier molecular flexibility index (Phi) is 5.29. The minimum absolute atomic E-state index is 0.200. The van der Waals surface area contributed by atoms with Crippen molar-refractivity contribution in [1.29, 1.82) is 0 Å². The highest BCUT2D eigenvalue weighted by Crippen LogP contribution is 2.31. The van der Waals surface area contributed by atoms with Gasteiger partial charge in [-0.25, -0.2) is 9.78 Å². The van der Waals surface area contributed by atoms with Crippen LogP contribution in [0, 0.1) is 0 Å². The molecule has 3 heterocycles. The van der Waals surface area contributed by atoms with Gasteiger partial charge in [-0.3, -0.25) is 10.4 Å². The minimum atomic E-state index is -0.320. The van der Waals surface area contributed by atoms with Crippen molar-refractivity contribution in [3.8, 4) is 11.1 Å².